The van der Waals surface area contributed by atoms with Crippen molar-refractivity contribution in [3.05, 3.63) is 0 Å². The van der Waals surface area contributed by atoms with E-state index in [-0.39, 0.29) is 18.4 Å². The largest absolute Gasteiger partial charge is 0.386 e. The number of likely N-dealkylation sites (tertiary alicyclic amines) is 1. The number of nitrogens with zero attached hydrogens (tertiary/aromatic N) is 1. The Labute approximate surface area is 77.8 Å². The molecule has 5 heteroatoms. The Morgan fingerprint density at radius 3 is 2.54 bits per heavy atom. The summed E-state index contributed by atoms with van der Waals surface area (Å²) in [5.74, 6) is -0.00893. The van der Waals surface area contributed by atoms with Gasteiger partial charge in [0.2, 0.25) is 0 Å². The Morgan fingerprint density at radius 2 is 2.00 bits per heavy atom. The van der Waals surface area contributed by atoms with Crippen LogP contribution in [0.2, 0.25) is 0 Å². The van der Waals surface area contributed by atoms with Gasteiger partial charge in [0.05, 0.1) is 6.54 Å². The summed E-state index contributed by atoms with van der Waals surface area (Å²) < 4.78 is 0. The van der Waals surface area contributed by atoms with Crippen LogP contribution in [0.4, 0.5) is 4.79 Å². The third-order valence-corrected chi connectivity index (χ3v) is 2.07. The summed E-state index contributed by atoms with van der Waals surface area (Å²) in [5, 5.41) is 9.54. The van der Waals surface area contributed by atoms with E-state index >= 15 is 0 Å². The first kappa shape index (κ1) is 9.83. The summed E-state index contributed by atoms with van der Waals surface area (Å²) in [7, 11) is 0. The average Bonchev–Trinajstić information content (AvgIpc) is 2.15. The van der Waals surface area contributed by atoms with Gasteiger partial charge >= 0.3 is 6.03 Å². The van der Waals surface area contributed by atoms with Crippen molar-refractivity contribution in [2.45, 2.75) is 19.3 Å². The number of nitrogens with one attached hydrogen (secondary N) is 2. The molecule has 0 aromatic rings. The molecule has 4 N–H and O–H groups in total. The third-order valence-electron chi connectivity index (χ3n) is 2.07. The van der Waals surface area contributed by atoms with Gasteiger partial charge in [0.15, 0.2) is 0 Å². The van der Waals surface area contributed by atoms with Gasteiger partial charge in [0.25, 0.3) is 0 Å². The van der Waals surface area contributed by atoms with E-state index in [0.29, 0.717) is 0 Å². The van der Waals surface area contributed by atoms with Crippen LogP contribution in [0.25, 0.3) is 0 Å². The fraction of sp³-hybridized carbons (Fsp3) is 0.750. The maximum absolute atomic E-state index is 11.4. The molecule has 0 aliphatic carbocycles. The summed E-state index contributed by atoms with van der Waals surface area (Å²) in [6, 6.07) is -0.102. The zero-order valence-electron chi connectivity index (χ0n) is 7.68. The molecule has 74 valence electrons. The Balaban J connectivity index is 2.25. The van der Waals surface area contributed by atoms with E-state index in [4.69, 9.17) is 11.1 Å². The molecule has 2 amide bonds. The summed E-state index contributed by atoms with van der Waals surface area (Å²) in [4.78, 5) is 13.1. The van der Waals surface area contributed by atoms with Crippen molar-refractivity contribution in [3.8, 4) is 0 Å². The lowest BCUT2D eigenvalue weighted by atomic mass is 10.1. The zero-order valence-corrected chi connectivity index (χ0v) is 7.68. The summed E-state index contributed by atoms with van der Waals surface area (Å²) in [6.45, 7) is 1.79. The highest BCUT2D eigenvalue weighted by atomic mass is 16.2. The molecule has 0 unspecified atom stereocenters. The van der Waals surface area contributed by atoms with Crippen LogP contribution in [0.15, 0.2) is 0 Å². The first-order chi connectivity index (χ1) is 6.20. The molecule has 0 spiro atoms. The number of carbonyl (C=O) groups is 1. The smallest absolute Gasteiger partial charge is 0.317 e. The van der Waals surface area contributed by atoms with Crippen LogP contribution in [0.1, 0.15) is 19.3 Å². The topological polar surface area (TPSA) is 82.2 Å². The molecular formula is C8H16N4O. The molecule has 0 aromatic heterocycles. The number of rotatable bonds is 2. The van der Waals surface area contributed by atoms with Gasteiger partial charge in [-0.1, -0.05) is 0 Å². The Morgan fingerprint density at radius 1 is 1.38 bits per heavy atom. The summed E-state index contributed by atoms with van der Waals surface area (Å²) >= 11 is 0. The van der Waals surface area contributed by atoms with E-state index in [9.17, 15) is 4.79 Å². The van der Waals surface area contributed by atoms with E-state index in [1.165, 1.54) is 6.42 Å². The molecule has 5 nitrogen and oxygen atoms in total. The van der Waals surface area contributed by atoms with Gasteiger partial charge in [-0.15, -0.1) is 0 Å². The van der Waals surface area contributed by atoms with E-state index in [0.717, 1.165) is 25.9 Å². The molecule has 1 rings (SSSR count). The Bertz CT molecular complexity index is 198. The Kier molecular flexibility index (Phi) is 3.54. The fourth-order valence-corrected chi connectivity index (χ4v) is 1.38. The van der Waals surface area contributed by atoms with Crippen molar-refractivity contribution in [1.82, 2.24) is 10.2 Å². The zero-order chi connectivity index (χ0) is 9.68. The van der Waals surface area contributed by atoms with Gasteiger partial charge in [-0.25, -0.2) is 4.79 Å². The number of hydrogen-bond donors (Lipinski definition) is 3. The fourth-order valence-electron chi connectivity index (χ4n) is 1.38. The number of carbonyl (C=O) groups excluding carboxylic acids is 1. The minimum Gasteiger partial charge on any atom is -0.386 e. The number of nitrogens with two attached hydrogens (primary N) is 1. The van der Waals surface area contributed by atoms with Crippen molar-refractivity contribution in [3.63, 3.8) is 0 Å². The second kappa shape index (κ2) is 4.69. The number of piperidine rings is 1. The summed E-state index contributed by atoms with van der Waals surface area (Å²) in [6.07, 6.45) is 3.36. The van der Waals surface area contributed by atoms with Gasteiger partial charge in [0.1, 0.15) is 5.84 Å². The Hall–Kier alpha value is -1.26. The standard InChI is InChI=1S/C8H16N4O/c9-7(10)6-11-8(13)12-4-2-1-3-5-12/h1-6H2,(H3,9,10)(H,11,13). The van der Waals surface area contributed by atoms with Crippen LogP contribution in [-0.4, -0.2) is 36.4 Å². The summed E-state index contributed by atoms with van der Waals surface area (Å²) in [5.41, 5.74) is 5.12. The van der Waals surface area contributed by atoms with Crippen LogP contribution in [0.3, 0.4) is 0 Å². The normalized spacial score (nSPS) is 16.8. The molecular weight excluding hydrogens is 168 g/mol. The van der Waals surface area contributed by atoms with Crippen LogP contribution in [0.5, 0.6) is 0 Å². The molecule has 0 atom stereocenters. The lowest BCUT2D eigenvalue weighted by molar-refractivity contribution is 0.188. The van der Waals surface area contributed by atoms with Gasteiger partial charge in [-0.2, -0.15) is 0 Å². The first-order valence-electron chi connectivity index (χ1n) is 4.56. The molecule has 1 fully saturated rings. The van der Waals surface area contributed by atoms with Gasteiger partial charge < -0.3 is 16.0 Å². The molecule has 1 aliphatic rings. The van der Waals surface area contributed by atoms with Gasteiger partial charge in [-0.3, -0.25) is 5.41 Å². The predicted molar refractivity (Wildman–Crippen MR) is 50.7 cm³/mol. The molecule has 0 aromatic carbocycles. The van der Waals surface area contributed by atoms with Gasteiger partial charge in [-0.05, 0) is 19.3 Å². The quantitative estimate of drug-likeness (QED) is 0.420. The number of urea groups is 1. The molecule has 0 saturated carbocycles. The molecule has 13 heavy (non-hydrogen) atoms. The third kappa shape index (κ3) is 3.31. The molecule has 1 aliphatic heterocycles. The monoisotopic (exact) mass is 184 g/mol. The van der Waals surface area contributed by atoms with E-state index < -0.39 is 0 Å². The SMILES string of the molecule is N=C(N)CNC(=O)N1CCCCC1. The molecule has 1 heterocycles. The van der Waals surface area contributed by atoms with Crippen molar-refractivity contribution >= 4 is 11.9 Å². The van der Waals surface area contributed by atoms with E-state index in [1.54, 1.807) is 4.90 Å². The number of amides is 2. The minimum atomic E-state index is -0.102. The first-order valence-corrected chi connectivity index (χ1v) is 4.56. The highest BCUT2D eigenvalue weighted by Crippen LogP contribution is 2.07. The van der Waals surface area contributed by atoms with Crippen molar-refractivity contribution in [1.29, 1.82) is 5.41 Å². The highest BCUT2D eigenvalue weighted by molar-refractivity contribution is 5.84. The van der Waals surface area contributed by atoms with Crippen molar-refractivity contribution in [2.24, 2.45) is 5.73 Å². The van der Waals surface area contributed by atoms with E-state index in [1.807, 2.05) is 0 Å². The molecule has 1 saturated heterocycles. The van der Waals surface area contributed by atoms with Crippen LogP contribution in [-0.2, 0) is 0 Å². The van der Waals surface area contributed by atoms with Gasteiger partial charge in [0, 0.05) is 13.1 Å². The predicted octanol–water partition coefficient (Wildman–Crippen LogP) is 0.118. The molecule has 0 radical (unpaired) electrons. The molecule has 0 bridgehead atoms. The second-order valence-electron chi connectivity index (χ2n) is 3.23. The number of amidine groups is 1. The maximum Gasteiger partial charge on any atom is 0.317 e. The number of hydrogen-bond acceptors (Lipinski definition) is 2. The minimum absolute atomic E-state index is 0.00893. The van der Waals surface area contributed by atoms with Crippen molar-refractivity contribution in [2.75, 3.05) is 19.6 Å². The van der Waals surface area contributed by atoms with E-state index in [2.05, 4.69) is 5.32 Å². The second-order valence-corrected chi connectivity index (χ2v) is 3.23. The van der Waals surface area contributed by atoms with Crippen LogP contribution in [0, 0.1) is 5.41 Å². The van der Waals surface area contributed by atoms with Crippen LogP contribution >= 0.6 is 0 Å². The van der Waals surface area contributed by atoms with Crippen LogP contribution < -0.4 is 11.1 Å². The lowest BCUT2D eigenvalue weighted by Crippen LogP contribution is -2.45. The average molecular weight is 184 g/mol. The highest BCUT2D eigenvalue weighted by Gasteiger charge is 2.15. The lowest BCUT2D eigenvalue weighted by Gasteiger charge is -2.26. The van der Waals surface area contributed by atoms with Crippen molar-refractivity contribution < 1.29 is 4.79 Å². The maximum atomic E-state index is 11.4.